The van der Waals surface area contributed by atoms with Gasteiger partial charge in [-0.1, -0.05) is 30.3 Å². The molecule has 0 aromatic heterocycles. The molecule has 98 valence electrons. The maximum absolute atomic E-state index is 10.2. The van der Waals surface area contributed by atoms with Gasteiger partial charge in [-0.25, -0.2) is 4.79 Å². The number of hydrogen-bond donors (Lipinski definition) is 1. The van der Waals surface area contributed by atoms with Gasteiger partial charge in [-0.3, -0.25) is 0 Å². The van der Waals surface area contributed by atoms with Crippen LogP contribution in [0.15, 0.2) is 36.4 Å². The van der Waals surface area contributed by atoms with Crippen LogP contribution < -0.4 is 0 Å². The molecule has 1 aliphatic heterocycles. The smallest absolute Gasteiger partial charge is 0.478 e. The summed E-state index contributed by atoms with van der Waals surface area (Å²) in [5, 5.41) is 8.38. The SMILES string of the molecule is CC1(C)OB(/C=C/C=C/C=C/C(=O)O)OC1(C)C. The fourth-order valence-corrected chi connectivity index (χ4v) is 1.39. The lowest BCUT2D eigenvalue weighted by Crippen LogP contribution is -2.41. The molecule has 0 atom stereocenters. The first-order chi connectivity index (χ1) is 8.24. The van der Waals surface area contributed by atoms with Crippen molar-refractivity contribution >= 4 is 13.1 Å². The summed E-state index contributed by atoms with van der Waals surface area (Å²) >= 11 is 0. The van der Waals surface area contributed by atoms with E-state index in [0.29, 0.717) is 0 Å². The van der Waals surface area contributed by atoms with Gasteiger partial charge >= 0.3 is 13.1 Å². The third-order valence-electron chi connectivity index (χ3n) is 3.11. The summed E-state index contributed by atoms with van der Waals surface area (Å²) in [7, 11) is -0.372. The van der Waals surface area contributed by atoms with E-state index in [4.69, 9.17) is 14.4 Å². The zero-order valence-corrected chi connectivity index (χ0v) is 11.2. The van der Waals surface area contributed by atoms with Crippen LogP contribution in [0.25, 0.3) is 0 Å². The van der Waals surface area contributed by atoms with Gasteiger partial charge in [0.15, 0.2) is 0 Å². The maximum atomic E-state index is 10.2. The third kappa shape index (κ3) is 3.86. The average Bonchev–Trinajstić information content (AvgIpc) is 2.40. The van der Waals surface area contributed by atoms with Crippen molar-refractivity contribution in [1.82, 2.24) is 0 Å². The van der Waals surface area contributed by atoms with E-state index < -0.39 is 5.97 Å². The largest absolute Gasteiger partial charge is 0.487 e. The van der Waals surface area contributed by atoms with E-state index in [9.17, 15) is 4.79 Å². The average molecular weight is 250 g/mol. The normalized spacial score (nSPS) is 22.6. The highest BCUT2D eigenvalue weighted by Gasteiger charge is 2.49. The number of hydrogen-bond acceptors (Lipinski definition) is 3. The number of allylic oxidation sites excluding steroid dienone is 4. The van der Waals surface area contributed by atoms with E-state index in [2.05, 4.69) is 0 Å². The van der Waals surface area contributed by atoms with E-state index in [1.54, 1.807) is 24.2 Å². The van der Waals surface area contributed by atoms with Crippen LogP contribution >= 0.6 is 0 Å². The Hall–Kier alpha value is -1.33. The van der Waals surface area contributed by atoms with Gasteiger partial charge in [-0.2, -0.15) is 0 Å². The van der Waals surface area contributed by atoms with Gasteiger partial charge in [-0.15, -0.1) is 0 Å². The molecule has 0 amide bonds. The molecule has 0 spiro atoms. The lowest BCUT2D eigenvalue weighted by molar-refractivity contribution is -0.131. The molecular weight excluding hydrogens is 231 g/mol. The molecule has 0 unspecified atom stereocenters. The highest BCUT2D eigenvalue weighted by atomic mass is 16.7. The topological polar surface area (TPSA) is 55.8 Å². The first kappa shape index (κ1) is 14.7. The third-order valence-corrected chi connectivity index (χ3v) is 3.11. The first-order valence-electron chi connectivity index (χ1n) is 5.85. The summed E-state index contributed by atoms with van der Waals surface area (Å²) < 4.78 is 11.5. The molecule has 0 radical (unpaired) electrons. The molecule has 1 saturated heterocycles. The molecule has 0 aromatic rings. The van der Waals surface area contributed by atoms with E-state index >= 15 is 0 Å². The van der Waals surface area contributed by atoms with Crippen molar-refractivity contribution in [3.8, 4) is 0 Å². The van der Waals surface area contributed by atoms with Gasteiger partial charge in [-0.05, 0) is 27.7 Å². The Morgan fingerprint density at radius 3 is 2.00 bits per heavy atom. The second-order valence-corrected chi connectivity index (χ2v) is 5.09. The van der Waals surface area contributed by atoms with Crippen LogP contribution in [-0.4, -0.2) is 29.4 Å². The van der Waals surface area contributed by atoms with Crippen molar-refractivity contribution in [2.45, 2.75) is 38.9 Å². The summed E-state index contributed by atoms with van der Waals surface area (Å²) in [6, 6.07) is 0. The van der Waals surface area contributed by atoms with Gasteiger partial charge in [0.1, 0.15) is 0 Å². The Balaban J connectivity index is 2.49. The molecule has 0 bridgehead atoms. The van der Waals surface area contributed by atoms with E-state index in [1.807, 2.05) is 27.7 Å². The van der Waals surface area contributed by atoms with Crippen LogP contribution in [0.5, 0.6) is 0 Å². The standard InChI is InChI=1S/C13H19BO4/c1-12(2)13(3,4)18-14(17-12)10-8-6-5-7-9-11(15)16/h5-10H,1-4H3,(H,15,16)/b6-5+,9-7+,10-8+. The van der Waals surface area contributed by atoms with Crippen LogP contribution in [-0.2, 0) is 14.1 Å². The number of carboxylic acids is 1. The number of carboxylic acid groups (broad SMARTS) is 1. The molecule has 0 aromatic carbocycles. The molecule has 18 heavy (non-hydrogen) atoms. The second-order valence-electron chi connectivity index (χ2n) is 5.09. The quantitative estimate of drug-likeness (QED) is 0.472. The van der Waals surface area contributed by atoms with Gasteiger partial charge in [0.25, 0.3) is 0 Å². The van der Waals surface area contributed by atoms with Crippen molar-refractivity contribution in [1.29, 1.82) is 0 Å². The Kier molecular flexibility index (Phi) is 4.54. The van der Waals surface area contributed by atoms with Crippen LogP contribution in [0.3, 0.4) is 0 Å². The first-order valence-corrected chi connectivity index (χ1v) is 5.85. The molecule has 4 nitrogen and oxygen atoms in total. The molecular formula is C13H19BO4. The molecule has 1 aliphatic rings. The molecule has 0 saturated carbocycles. The van der Waals surface area contributed by atoms with Crippen molar-refractivity contribution in [3.05, 3.63) is 36.4 Å². The molecule has 5 heteroatoms. The summed E-state index contributed by atoms with van der Waals surface area (Å²) in [5.74, 6) is 0.830. The van der Waals surface area contributed by atoms with Gasteiger partial charge in [0.2, 0.25) is 0 Å². The van der Waals surface area contributed by atoms with Crippen molar-refractivity contribution in [3.63, 3.8) is 0 Å². The van der Waals surface area contributed by atoms with Crippen molar-refractivity contribution in [2.24, 2.45) is 0 Å². The van der Waals surface area contributed by atoms with Gasteiger partial charge in [0, 0.05) is 6.08 Å². The molecule has 1 heterocycles. The predicted molar refractivity (Wildman–Crippen MR) is 71.1 cm³/mol. The monoisotopic (exact) mass is 250 g/mol. The lowest BCUT2D eigenvalue weighted by Gasteiger charge is -2.32. The lowest BCUT2D eigenvalue weighted by atomic mass is 9.90. The summed E-state index contributed by atoms with van der Waals surface area (Å²) in [5.41, 5.74) is -0.677. The Bertz CT molecular complexity index is 378. The Labute approximate surface area is 108 Å². The van der Waals surface area contributed by atoms with E-state index in [1.165, 1.54) is 6.08 Å². The number of carbonyl (C=O) groups is 1. The van der Waals surface area contributed by atoms with Crippen molar-refractivity contribution in [2.75, 3.05) is 0 Å². The van der Waals surface area contributed by atoms with Crippen LogP contribution in [0.4, 0.5) is 0 Å². The Morgan fingerprint density at radius 2 is 1.50 bits per heavy atom. The highest BCUT2D eigenvalue weighted by molar-refractivity contribution is 6.51. The zero-order valence-electron chi connectivity index (χ0n) is 11.2. The molecule has 1 N–H and O–H groups in total. The van der Waals surface area contributed by atoms with Crippen LogP contribution in [0.1, 0.15) is 27.7 Å². The fraction of sp³-hybridized carbons (Fsp3) is 0.462. The van der Waals surface area contributed by atoms with Crippen LogP contribution in [0, 0.1) is 0 Å². The Morgan fingerprint density at radius 1 is 1.00 bits per heavy atom. The minimum Gasteiger partial charge on any atom is -0.478 e. The van der Waals surface area contributed by atoms with E-state index in [-0.39, 0.29) is 18.3 Å². The number of rotatable bonds is 4. The molecule has 1 fully saturated rings. The molecule has 0 aliphatic carbocycles. The molecule has 1 rings (SSSR count). The summed E-state index contributed by atoms with van der Waals surface area (Å²) in [6.07, 6.45) is 7.66. The minimum absolute atomic E-state index is 0.338. The van der Waals surface area contributed by atoms with Gasteiger partial charge < -0.3 is 14.4 Å². The number of aliphatic carboxylic acids is 1. The summed E-state index contributed by atoms with van der Waals surface area (Å²) in [4.78, 5) is 10.2. The zero-order chi connectivity index (χ0) is 13.8. The van der Waals surface area contributed by atoms with Crippen LogP contribution in [0.2, 0.25) is 0 Å². The van der Waals surface area contributed by atoms with Crippen molar-refractivity contribution < 1.29 is 19.2 Å². The summed E-state index contributed by atoms with van der Waals surface area (Å²) in [6.45, 7) is 7.97. The highest BCUT2D eigenvalue weighted by Crippen LogP contribution is 2.36. The maximum Gasteiger partial charge on any atom is 0.487 e. The predicted octanol–water partition coefficient (Wildman–Crippen LogP) is 2.37. The minimum atomic E-state index is -0.963. The fourth-order valence-electron chi connectivity index (χ4n) is 1.39. The second kappa shape index (κ2) is 5.54. The van der Waals surface area contributed by atoms with Gasteiger partial charge in [0.05, 0.1) is 11.2 Å². The van der Waals surface area contributed by atoms with E-state index in [0.717, 1.165) is 6.08 Å².